The minimum atomic E-state index is -0.0833. The predicted molar refractivity (Wildman–Crippen MR) is 98.9 cm³/mol. The van der Waals surface area contributed by atoms with Crippen molar-refractivity contribution in [1.82, 2.24) is 10.3 Å². The summed E-state index contributed by atoms with van der Waals surface area (Å²) < 4.78 is 5.16. The summed E-state index contributed by atoms with van der Waals surface area (Å²) in [7, 11) is 1.66. The van der Waals surface area contributed by atoms with Crippen molar-refractivity contribution in [2.75, 3.05) is 12.4 Å². The fourth-order valence-corrected chi connectivity index (χ4v) is 3.12. The van der Waals surface area contributed by atoms with Crippen molar-refractivity contribution < 1.29 is 9.53 Å². The van der Waals surface area contributed by atoms with Gasteiger partial charge in [-0.25, -0.2) is 0 Å². The zero-order chi connectivity index (χ0) is 17.5. The molecule has 2 N–H and O–H groups in total. The second-order valence-corrected chi connectivity index (χ2v) is 6.44. The molecular formula is C20H25N3O2. The third kappa shape index (κ3) is 4.95. The summed E-state index contributed by atoms with van der Waals surface area (Å²) in [5, 5.41) is 6.44. The van der Waals surface area contributed by atoms with Crippen LogP contribution in [0.2, 0.25) is 0 Å². The summed E-state index contributed by atoms with van der Waals surface area (Å²) >= 11 is 0. The van der Waals surface area contributed by atoms with Crippen LogP contribution in [0.1, 0.15) is 48.2 Å². The Hall–Kier alpha value is -2.56. The maximum absolute atomic E-state index is 12.4. The average Bonchev–Trinajstić information content (AvgIpc) is 2.68. The zero-order valence-corrected chi connectivity index (χ0v) is 14.6. The van der Waals surface area contributed by atoms with Gasteiger partial charge in [0.2, 0.25) is 0 Å². The molecule has 1 amide bonds. The lowest BCUT2D eigenvalue weighted by atomic mass is 9.95. The lowest BCUT2D eigenvalue weighted by Crippen LogP contribution is -2.36. The molecule has 0 spiro atoms. The molecule has 1 heterocycles. The predicted octanol–water partition coefficient (Wildman–Crippen LogP) is 3.76. The van der Waals surface area contributed by atoms with Gasteiger partial charge in [-0.2, -0.15) is 0 Å². The standard InChI is InChI=1S/C20H25N3O2/c1-25-18-9-7-15(8-10-18)14-22-17-11-12-21-19(13-17)20(24)23-16-5-3-2-4-6-16/h7-13,16H,2-6,14H2,1H3,(H,21,22)(H,23,24). The van der Waals surface area contributed by atoms with Crippen molar-refractivity contribution in [2.24, 2.45) is 0 Å². The number of nitrogens with zero attached hydrogens (tertiary/aromatic N) is 1. The average molecular weight is 339 g/mol. The van der Waals surface area contributed by atoms with E-state index < -0.39 is 0 Å². The summed E-state index contributed by atoms with van der Waals surface area (Å²) in [6, 6.07) is 11.9. The molecule has 1 saturated carbocycles. The van der Waals surface area contributed by atoms with E-state index in [1.54, 1.807) is 13.3 Å². The highest BCUT2D eigenvalue weighted by Gasteiger charge is 2.17. The van der Waals surface area contributed by atoms with Crippen LogP contribution in [0.15, 0.2) is 42.6 Å². The Morgan fingerprint density at radius 2 is 1.92 bits per heavy atom. The second kappa shape index (κ2) is 8.51. The minimum absolute atomic E-state index is 0.0833. The number of aromatic nitrogens is 1. The van der Waals surface area contributed by atoms with Gasteiger partial charge in [0.05, 0.1) is 7.11 Å². The van der Waals surface area contributed by atoms with Crippen molar-refractivity contribution in [3.8, 4) is 5.75 Å². The minimum Gasteiger partial charge on any atom is -0.497 e. The van der Waals surface area contributed by atoms with Gasteiger partial charge in [-0.3, -0.25) is 9.78 Å². The first-order valence-corrected chi connectivity index (χ1v) is 8.88. The van der Waals surface area contributed by atoms with Crippen molar-refractivity contribution in [1.29, 1.82) is 0 Å². The molecule has 1 aliphatic carbocycles. The Morgan fingerprint density at radius 1 is 1.16 bits per heavy atom. The topological polar surface area (TPSA) is 63.2 Å². The van der Waals surface area contributed by atoms with Gasteiger partial charge in [0.1, 0.15) is 11.4 Å². The van der Waals surface area contributed by atoms with Crippen molar-refractivity contribution in [3.05, 3.63) is 53.9 Å². The molecule has 1 aromatic carbocycles. The van der Waals surface area contributed by atoms with Gasteiger partial charge < -0.3 is 15.4 Å². The molecule has 1 aliphatic rings. The molecule has 0 aliphatic heterocycles. The van der Waals surface area contributed by atoms with Gasteiger partial charge in [-0.15, -0.1) is 0 Å². The van der Waals surface area contributed by atoms with E-state index in [9.17, 15) is 4.79 Å². The molecule has 5 nitrogen and oxygen atoms in total. The van der Waals surface area contributed by atoms with Crippen LogP contribution in [-0.2, 0) is 6.54 Å². The van der Waals surface area contributed by atoms with E-state index in [-0.39, 0.29) is 5.91 Å². The first kappa shape index (κ1) is 17.3. The van der Waals surface area contributed by atoms with Crippen LogP contribution >= 0.6 is 0 Å². The lowest BCUT2D eigenvalue weighted by Gasteiger charge is -2.22. The van der Waals surface area contributed by atoms with Crippen molar-refractivity contribution in [2.45, 2.75) is 44.7 Å². The highest BCUT2D eigenvalue weighted by molar-refractivity contribution is 5.93. The van der Waals surface area contributed by atoms with Crippen LogP contribution in [0, 0.1) is 0 Å². The molecule has 0 bridgehead atoms. The number of amides is 1. The van der Waals surface area contributed by atoms with E-state index in [0.29, 0.717) is 18.3 Å². The third-order valence-electron chi connectivity index (χ3n) is 4.59. The monoisotopic (exact) mass is 339 g/mol. The van der Waals surface area contributed by atoms with E-state index in [4.69, 9.17) is 4.74 Å². The molecule has 2 aromatic rings. The molecule has 0 saturated heterocycles. The van der Waals surface area contributed by atoms with E-state index >= 15 is 0 Å². The normalized spacial score (nSPS) is 14.8. The van der Waals surface area contributed by atoms with E-state index in [1.165, 1.54) is 19.3 Å². The Kier molecular flexibility index (Phi) is 5.88. The van der Waals surface area contributed by atoms with Crippen LogP contribution in [0.4, 0.5) is 5.69 Å². The second-order valence-electron chi connectivity index (χ2n) is 6.44. The number of rotatable bonds is 6. The van der Waals surface area contributed by atoms with E-state index in [2.05, 4.69) is 15.6 Å². The number of benzene rings is 1. The molecule has 25 heavy (non-hydrogen) atoms. The Morgan fingerprint density at radius 3 is 2.64 bits per heavy atom. The number of carbonyl (C=O) groups excluding carboxylic acids is 1. The maximum Gasteiger partial charge on any atom is 0.270 e. The molecule has 0 radical (unpaired) electrons. The molecule has 5 heteroatoms. The Labute approximate surface area is 148 Å². The molecule has 0 unspecified atom stereocenters. The molecule has 0 atom stereocenters. The fourth-order valence-electron chi connectivity index (χ4n) is 3.12. The number of hydrogen-bond acceptors (Lipinski definition) is 4. The van der Waals surface area contributed by atoms with Gasteiger partial charge in [-0.05, 0) is 42.7 Å². The van der Waals surface area contributed by atoms with Crippen LogP contribution in [0.25, 0.3) is 0 Å². The molecule has 132 valence electrons. The summed E-state index contributed by atoms with van der Waals surface area (Å²) in [4.78, 5) is 16.6. The van der Waals surface area contributed by atoms with Gasteiger partial charge >= 0.3 is 0 Å². The van der Waals surface area contributed by atoms with Crippen LogP contribution in [0.5, 0.6) is 5.75 Å². The highest BCUT2D eigenvalue weighted by atomic mass is 16.5. The van der Waals surface area contributed by atoms with Gasteiger partial charge in [0, 0.05) is 24.5 Å². The van der Waals surface area contributed by atoms with Crippen molar-refractivity contribution >= 4 is 11.6 Å². The Balaban J connectivity index is 1.57. The summed E-state index contributed by atoms with van der Waals surface area (Å²) in [6.07, 6.45) is 7.48. The first-order chi connectivity index (χ1) is 12.2. The van der Waals surface area contributed by atoms with Crippen molar-refractivity contribution in [3.63, 3.8) is 0 Å². The van der Waals surface area contributed by atoms with Gasteiger partial charge in [-0.1, -0.05) is 31.4 Å². The molecule has 1 fully saturated rings. The summed E-state index contributed by atoms with van der Waals surface area (Å²) in [6.45, 7) is 0.678. The number of nitrogens with one attached hydrogen (secondary N) is 2. The first-order valence-electron chi connectivity index (χ1n) is 8.88. The van der Waals surface area contributed by atoms with E-state index in [0.717, 1.165) is 29.8 Å². The number of anilines is 1. The highest BCUT2D eigenvalue weighted by Crippen LogP contribution is 2.18. The van der Waals surface area contributed by atoms with E-state index in [1.807, 2.05) is 36.4 Å². The smallest absolute Gasteiger partial charge is 0.270 e. The number of carbonyl (C=O) groups is 1. The third-order valence-corrected chi connectivity index (χ3v) is 4.59. The summed E-state index contributed by atoms with van der Waals surface area (Å²) in [5.41, 5.74) is 2.50. The zero-order valence-electron chi connectivity index (χ0n) is 14.6. The fraction of sp³-hybridized carbons (Fsp3) is 0.400. The molecule has 1 aromatic heterocycles. The largest absolute Gasteiger partial charge is 0.497 e. The lowest BCUT2D eigenvalue weighted by molar-refractivity contribution is 0.0922. The van der Waals surface area contributed by atoms with Crippen LogP contribution < -0.4 is 15.4 Å². The number of methoxy groups -OCH3 is 1. The maximum atomic E-state index is 12.4. The quantitative estimate of drug-likeness (QED) is 0.841. The van der Waals surface area contributed by atoms with Crippen LogP contribution in [-0.4, -0.2) is 24.0 Å². The SMILES string of the molecule is COc1ccc(CNc2ccnc(C(=O)NC3CCCCC3)c2)cc1. The number of pyridine rings is 1. The van der Waals surface area contributed by atoms with Gasteiger partial charge in [0.15, 0.2) is 0 Å². The number of hydrogen-bond donors (Lipinski definition) is 2. The number of ether oxygens (including phenoxy) is 1. The Bertz CT molecular complexity index is 694. The molecule has 3 rings (SSSR count). The summed E-state index contributed by atoms with van der Waals surface area (Å²) in [5.74, 6) is 0.759. The molecular weight excluding hydrogens is 314 g/mol. The van der Waals surface area contributed by atoms with Gasteiger partial charge in [0.25, 0.3) is 5.91 Å². The van der Waals surface area contributed by atoms with Crippen LogP contribution in [0.3, 0.4) is 0 Å².